The van der Waals surface area contributed by atoms with Crippen LogP contribution in [0.4, 0.5) is 17.6 Å². The topological polar surface area (TPSA) is 94.6 Å². The highest BCUT2D eigenvalue weighted by molar-refractivity contribution is 5.54. The van der Waals surface area contributed by atoms with E-state index in [9.17, 15) is 0 Å². The highest BCUT2D eigenvalue weighted by Gasteiger charge is 2.25. The van der Waals surface area contributed by atoms with Crippen molar-refractivity contribution in [3.63, 3.8) is 0 Å². The molecule has 0 amide bonds. The van der Waals surface area contributed by atoms with Gasteiger partial charge in [-0.3, -0.25) is 0 Å². The van der Waals surface area contributed by atoms with Gasteiger partial charge in [-0.1, -0.05) is 0 Å². The fourth-order valence-electron chi connectivity index (χ4n) is 3.98. The van der Waals surface area contributed by atoms with Crippen molar-refractivity contribution < 1.29 is 9.47 Å². The molecular formula is C19H29N7O2. The molecule has 4 heterocycles. The SMILES string of the molecule is COCCn1ccnc1C1CCN(c2cc(N3CCOCC3)nc(N)n2)CC1. The van der Waals surface area contributed by atoms with Gasteiger partial charge in [-0.2, -0.15) is 9.97 Å². The van der Waals surface area contributed by atoms with E-state index in [0.717, 1.165) is 76.2 Å². The quantitative estimate of drug-likeness (QED) is 0.788. The van der Waals surface area contributed by atoms with Crippen LogP contribution in [0.15, 0.2) is 18.5 Å². The molecule has 2 aliphatic heterocycles. The van der Waals surface area contributed by atoms with E-state index in [-0.39, 0.29) is 0 Å². The summed E-state index contributed by atoms with van der Waals surface area (Å²) >= 11 is 0. The molecule has 0 bridgehead atoms. The van der Waals surface area contributed by atoms with Gasteiger partial charge >= 0.3 is 0 Å². The Kier molecular flexibility index (Phi) is 5.92. The molecule has 2 aliphatic rings. The van der Waals surface area contributed by atoms with Crippen molar-refractivity contribution in [1.29, 1.82) is 0 Å². The first-order chi connectivity index (χ1) is 13.7. The van der Waals surface area contributed by atoms with Crippen LogP contribution >= 0.6 is 0 Å². The van der Waals surface area contributed by atoms with Gasteiger partial charge in [0.15, 0.2) is 0 Å². The lowest BCUT2D eigenvalue weighted by Crippen LogP contribution is -2.38. The number of rotatable bonds is 6. The van der Waals surface area contributed by atoms with Gasteiger partial charge in [0.25, 0.3) is 0 Å². The molecule has 2 fully saturated rings. The molecule has 0 atom stereocenters. The molecular weight excluding hydrogens is 358 g/mol. The average molecular weight is 387 g/mol. The molecule has 2 aromatic rings. The zero-order valence-corrected chi connectivity index (χ0v) is 16.5. The summed E-state index contributed by atoms with van der Waals surface area (Å²) in [5, 5.41) is 0. The summed E-state index contributed by atoms with van der Waals surface area (Å²) in [6.45, 7) is 6.52. The molecule has 2 saturated heterocycles. The van der Waals surface area contributed by atoms with Gasteiger partial charge in [-0.05, 0) is 12.8 Å². The van der Waals surface area contributed by atoms with Crippen LogP contribution in [0.25, 0.3) is 0 Å². The van der Waals surface area contributed by atoms with E-state index < -0.39 is 0 Å². The monoisotopic (exact) mass is 387 g/mol. The van der Waals surface area contributed by atoms with Crippen LogP contribution in [-0.2, 0) is 16.0 Å². The second kappa shape index (κ2) is 8.74. The van der Waals surface area contributed by atoms with Crippen molar-refractivity contribution in [3.05, 3.63) is 24.3 Å². The number of ether oxygens (including phenoxy) is 2. The molecule has 0 aliphatic carbocycles. The van der Waals surface area contributed by atoms with E-state index in [1.807, 2.05) is 12.4 Å². The number of morpholine rings is 1. The van der Waals surface area contributed by atoms with E-state index in [1.165, 1.54) is 0 Å². The zero-order valence-electron chi connectivity index (χ0n) is 16.5. The normalized spacial score (nSPS) is 18.6. The summed E-state index contributed by atoms with van der Waals surface area (Å²) in [6, 6.07) is 2.06. The van der Waals surface area contributed by atoms with Crippen molar-refractivity contribution >= 4 is 17.6 Å². The second-order valence-corrected chi connectivity index (χ2v) is 7.27. The maximum absolute atomic E-state index is 6.01. The van der Waals surface area contributed by atoms with Gasteiger partial charge in [-0.15, -0.1) is 0 Å². The molecule has 0 radical (unpaired) electrons. The lowest BCUT2D eigenvalue weighted by Gasteiger charge is -2.34. The fourth-order valence-corrected chi connectivity index (χ4v) is 3.98. The van der Waals surface area contributed by atoms with E-state index in [0.29, 0.717) is 18.5 Å². The highest BCUT2D eigenvalue weighted by Crippen LogP contribution is 2.30. The summed E-state index contributed by atoms with van der Waals surface area (Å²) in [5.74, 6) is 3.75. The molecule has 2 aromatic heterocycles. The second-order valence-electron chi connectivity index (χ2n) is 7.27. The number of nitrogen functional groups attached to an aromatic ring is 1. The Morgan fingerprint density at radius 2 is 1.79 bits per heavy atom. The van der Waals surface area contributed by atoms with Gasteiger partial charge in [0.05, 0.1) is 19.8 Å². The van der Waals surface area contributed by atoms with E-state index in [2.05, 4.69) is 35.4 Å². The van der Waals surface area contributed by atoms with Crippen LogP contribution in [-0.4, -0.2) is 72.6 Å². The molecule has 9 heteroatoms. The Morgan fingerprint density at radius 1 is 1.11 bits per heavy atom. The summed E-state index contributed by atoms with van der Waals surface area (Å²) in [4.78, 5) is 18.1. The molecule has 4 rings (SSSR count). The maximum Gasteiger partial charge on any atom is 0.223 e. The summed E-state index contributed by atoms with van der Waals surface area (Å²) in [6.07, 6.45) is 6.01. The number of aromatic nitrogens is 4. The van der Waals surface area contributed by atoms with Crippen LogP contribution in [0.3, 0.4) is 0 Å². The smallest absolute Gasteiger partial charge is 0.223 e. The third kappa shape index (κ3) is 4.20. The maximum atomic E-state index is 6.01. The molecule has 0 spiro atoms. The molecule has 28 heavy (non-hydrogen) atoms. The molecule has 0 saturated carbocycles. The minimum Gasteiger partial charge on any atom is -0.383 e. The van der Waals surface area contributed by atoms with Crippen molar-refractivity contribution in [2.24, 2.45) is 0 Å². The lowest BCUT2D eigenvalue weighted by molar-refractivity contribution is 0.122. The van der Waals surface area contributed by atoms with Crippen molar-refractivity contribution in [3.8, 4) is 0 Å². The number of hydrogen-bond donors (Lipinski definition) is 1. The standard InChI is InChI=1S/C19H29N7O2/c1-27-11-8-26-7-4-21-18(26)15-2-5-24(6-3-15)16-14-17(23-19(20)22-16)25-9-12-28-13-10-25/h4,7,14-15H,2-3,5-6,8-13H2,1H3,(H2,20,22,23). The van der Waals surface area contributed by atoms with Crippen molar-refractivity contribution in [1.82, 2.24) is 19.5 Å². The molecule has 2 N–H and O–H groups in total. The van der Waals surface area contributed by atoms with E-state index in [1.54, 1.807) is 7.11 Å². The van der Waals surface area contributed by atoms with Crippen LogP contribution in [0, 0.1) is 0 Å². The van der Waals surface area contributed by atoms with Crippen LogP contribution < -0.4 is 15.5 Å². The first-order valence-corrected chi connectivity index (χ1v) is 9.97. The number of nitrogens with two attached hydrogens (primary N) is 1. The first-order valence-electron chi connectivity index (χ1n) is 9.97. The van der Waals surface area contributed by atoms with Gasteiger partial charge in [-0.25, -0.2) is 4.98 Å². The van der Waals surface area contributed by atoms with Crippen molar-refractivity contribution in [2.45, 2.75) is 25.3 Å². The Labute approximate surface area is 165 Å². The number of nitrogens with zero attached hydrogens (tertiary/aromatic N) is 6. The highest BCUT2D eigenvalue weighted by atomic mass is 16.5. The summed E-state index contributed by atoms with van der Waals surface area (Å²) in [5.41, 5.74) is 6.01. The molecule has 0 aromatic carbocycles. The number of piperidine rings is 1. The fraction of sp³-hybridized carbons (Fsp3) is 0.632. The van der Waals surface area contributed by atoms with Gasteiger partial charge in [0.2, 0.25) is 5.95 Å². The van der Waals surface area contributed by atoms with Gasteiger partial charge in [0.1, 0.15) is 17.5 Å². The number of methoxy groups -OCH3 is 1. The number of hydrogen-bond acceptors (Lipinski definition) is 8. The van der Waals surface area contributed by atoms with E-state index in [4.69, 9.17) is 15.2 Å². The zero-order chi connectivity index (χ0) is 19.3. The van der Waals surface area contributed by atoms with Crippen LogP contribution in [0.2, 0.25) is 0 Å². The predicted molar refractivity (Wildman–Crippen MR) is 108 cm³/mol. The predicted octanol–water partition coefficient (Wildman–Crippen LogP) is 1.12. The van der Waals surface area contributed by atoms with E-state index >= 15 is 0 Å². The molecule has 0 unspecified atom stereocenters. The Bertz CT molecular complexity index is 767. The van der Waals surface area contributed by atoms with Crippen LogP contribution in [0.5, 0.6) is 0 Å². The Hall–Kier alpha value is -2.39. The molecule has 9 nitrogen and oxygen atoms in total. The largest absolute Gasteiger partial charge is 0.383 e. The van der Waals surface area contributed by atoms with Crippen molar-refractivity contribution in [2.75, 3.05) is 68.6 Å². The van der Waals surface area contributed by atoms with Crippen LogP contribution in [0.1, 0.15) is 24.6 Å². The number of imidazole rings is 1. The number of anilines is 3. The first kappa shape index (κ1) is 18.9. The van der Waals surface area contributed by atoms with Gasteiger partial charge in [0, 0.05) is 64.2 Å². The lowest BCUT2D eigenvalue weighted by atomic mass is 9.96. The Balaban J connectivity index is 1.42. The Morgan fingerprint density at radius 3 is 2.46 bits per heavy atom. The minimum atomic E-state index is 0.330. The van der Waals surface area contributed by atoms with Gasteiger partial charge < -0.3 is 29.6 Å². The summed E-state index contributed by atoms with van der Waals surface area (Å²) in [7, 11) is 1.73. The molecule has 152 valence electrons. The third-order valence-corrected chi connectivity index (χ3v) is 5.52. The summed E-state index contributed by atoms with van der Waals surface area (Å²) < 4.78 is 12.9. The third-order valence-electron chi connectivity index (χ3n) is 5.52. The minimum absolute atomic E-state index is 0.330. The average Bonchev–Trinajstić information content (AvgIpc) is 3.21.